The SMILES string of the molecule is CCCCOCCCNc1cc(OC)c(OC)cc1N. The van der Waals surface area contributed by atoms with Gasteiger partial charge >= 0.3 is 0 Å². The van der Waals surface area contributed by atoms with Gasteiger partial charge in [-0.2, -0.15) is 0 Å². The van der Waals surface area contributed by atoms with E-state index in [1.807, 2.05) is 6.07 Å². The first-order valence-electron chi connectivity index (χ1n) is 7.06. The Bertz CT molecular complexity index is 397. The number of hydrogen-bond donors (Lipinski definition) is 2. The Labute approximate surface area is 121 Å². The van der Waals surface area contributed by atoms with Gasteiger partial charge in [-0.3, -0.25) is 0 Å². The number of unbranched alkanes of at least 4 members (excludes halogenated alkanes) is 1. The van der Waals surface area contributed by atoms with E-state index in [4.69, 9.17) is 19.9 Å². The first-order chi connectivity index (χ1) is 9.72. The van der Waals surface area contributed by atoms with Crippen LogP contribution >= 0.6 is 0 Å². The van der Waals surface area contributed by atoms with Crippen molar-refractivity contribution in [3.8, 4) is 11.5 Å². The van der Waals surface area contributed by atoms with Gasteiger partial charge in [0, 0.05) is 31.9 Å². The highest BCUT2D eigenvalue weighted by atomic mass is 16.5. The zero-order valence-electron chi connectivity index (χ0n) is 12.7. The molecule has 0 amide bonds. The van der Waals surface area contributed by atoms with Crippen LogP contribution in [-0.2, 0) is 4.74 Å². The van der Waals surface area contributed by atoms with E-state index in [0.717, 1.165) is 38.3 Å². The molecule has 0 aliphatic rings. The molecule has 0 fully saturated rings. The van der Waals surface area contributed by atoms with Crippen molar-refractivity contribution in [1.29, 1.82) is 0 Å². The van der Waals surface area contributed by atoms with E-state index in [0.29, 0.717) is 17.2 Å². The normalized spacial score (nSPS) is 10.3. The Morgan fingerprint density at radius 3 is 2.35 bits per heavy atom. The third-order valence-corrected chi connectivity index (χ3v) is 2.98. The molecule has 0 aliphatic heterocycles. The van der Waals surface area contributed by atoms with Crippen LogP contribution in [-0.4, -0.2) is 34.0 Å². The Morgan fingerprint density at radius 1 is 1.05 bits per heavy atom. The third-order valence-electron chi connectivity index (χ3n) is 2.98. The lowest BCUT2D eigenvalue weighted by Crippen LogP contribution is -2.08. The lowest BCUT2D eigenvalue weighted by atomic mass is 10.2. The van der Waals surface area contributed by atoms with Gasteiger partial charge in [0.2, 0.25) is 0 Å². The fourth-order valence-electron chi connectivity index (χ4n) is 1.79. The van der Waals surface area contributed by atoms with Crippen LogP contribution in [0.5, 0.6) is 11.5 Å². The Morgan fingerprint density at radius 2 is 1.70 bits per heavy atom. The minimum atomic E-state index is 0.637. The van der Waals surface area contributed by atoms with Gasteiger partial charge in [-0.25, -0.2) is 0 Å². The van der Waals surface area contributed by atoms with Gasteiger partial charge < -0.3 is 25.3 Å². The predicted molar refractivity (Wildman–Crippen MR) is 82.8 cm³/mol. The molecule has 3 N–H and O–H groups in total. The maximum Gasteiger partial charge on any atom is 0.162 e. The summed E-state index contributed by atoms with van der Waals surface area (Å²) >= 11 is 0. The summed E-state index contributed by atoms with van der Waals surface area (Å²) in [6.45, 7) is 4.58. The topological polar surface area (TPSA) is 65.7 Å². The molecule has 0 saturated carbocycles. The molecule has 1 aromatic carbocycles. The summed E-state index contributed by atoms with van der Waals surface area (Å²) in [6, 6.07) is 3.62. The molecule has 0 saturated heterocycles. The van der Waals surface area contributed by atoms with Crippen molar-refractivity contribution in [2.75, 3.05) is 45.0 Å². The highest BCUT2D eigenvalue weighted by Crippen LogP contribution is 2.34. The molecule has 0 radical (unpaired) electrons. The zero-order valence-corrected chi connectivity index (χ0v) is 12.7. The van der Waals surface area contributed by atoms with E-state index in [2.05, 4.69) is 12.2 Å². The number of ether oxygens (including phenoxy) is 3. The van der Waals surface area contributed by atoms with Crippen LogP contribution in [0.4, 0.5) is 11.4 Å². The predicted octanol–water partition coefficient (Wildman–Crippen LogP) is 2.90. The number of nitrogens with two attached hydrogens (primary N) is 1. The minimum Gasteiger partial charge on any atom is -0.493 e. The number of methoxy groups -OCH3 is 2. The number of anilines is 2. The summed E-state index contributed by atoms with van der Waals surface area (Å²) < 4.78 is 16.0. The highest BCUT2D eigenvalue weighted by Gasteiger charge is 2.08. The maximum absolute atomic E-state index is 5.97. The van der Waals surface area contributed by atoms with E-state index >= 15 is 0 Å². The van der Waals surface area contributed by atoms with Crippen LogP contribution in [0.1, 0.15) is 26.2 Å². The maximum atomic E-state index is 5.97. The molecular weight excluding hydrogens is 256 g/mol. The summed E-state index contributed by atoms with van der Waals surface area (Å²) in [5.74, 6) is 1.31. The van der Waals surface area contributed by atoms with E-state index in [1.165, 1.54) is 6.42 Å². The Kier molecular flexibility index (Phi) is 7.65. The van der Waals surface area contributed by atoms with E-state index in [9.17, 15) is 0 Å². The number of nitrogens with one attached hydrogen (secondary N) is 1. The largest absolute Gasteiger partial charge is 0.493 e. The highest BCUT2D eigenvalue weighted by molar-refractivity contribution is 5.71. The van der Waals surface area contributed by atoms with Crippen molar-refractivity contribution in [3.05, 3.63) is 12.1 Å². The van der Waals surface area contributed by atoms with Crippen LogP contribution in [0.3, 0.4) is 0 Å². The molecule has 0 heterocycles. The molecule has 1 aromatic rings. The Balaban J connectivity index is 2.40. The molecule has 0 unspecified atom stereocenters. The molecule has 114 valence electrons. The summed E-state index contributed by atoms with van der Waals surface area (Å²) in [5.41, 5.74) is 7.48. The lowest BCUT2D eigenvalue weighted by Gasteiger charge is -2.14. The third kappa shape index (κ3) is 5.17. The molecular formula is C15H26N2O3. The quantitative estimate of drug-likeness (QED) is 0.510. The van der Waals surface area contributed by atoms with Crippen molar-refractivity contribution >= 4 is 11.4 Å². The minimum absolute atomic E-state index is 0.637. The van der Waals surface area contributed by atoms with Crippen LogP contribution < -0.4 is 20.5 Å². The van der Waals surface area contributed by atoms with Gasteiger partial charge in [0.25, 0.3) is 0 Å². The molecule has 0 atom stereocenters. The van der Waals surface area contributed by atoms with E-state index in [-0.39, 0.29) is 0 Å². The molecule has 5 nitrogen and oxygen atoms in total. The van der Waals surface area contributed by atoms with Crippen LogP contribution in [0.25, 0.3) is 0 Å². The second-order valence-electron chi connectivity index (χ2n) is 4.54. The molecule has 0 aliphatic carbocycles. The molecule has 20 heavy (non-hydrogen) atoms. The second-order valence-corrected chi connectivity index (χ2v) is 4.54. The molecule has 0 spiro atoms. The van der Waals surface area contributed by atoms with Gasteiger partial charge in [0.1, 0.15) is 0 Å². The lowest BCUT2D eigenvalue weighted by molar-refractivity contribution is 0.131. The van der Waals surface area contributed by atoms with Crippen molar-refractivity contribution in [2.24, 2.45) is 0 Å². The average molecular weight is 282 g/mol. The van der Waals surface area contributed by atoms with Gasteiger partial charge in [-0.1, -0.05) is 13.3 Å². The fraction of sp³-hybridized carbons (Fsp3) is 0.600. The van der Waals surface area contributed by atoms with Crippen molar-refractivity contribution in [3.63, 3.8) is 0 Å². The fourth-order valence-corrected chi connectivity index (χ4v) is 1.79. The van der Waals surface area contributed by atoms with E-state index < -0.39 is 0 Å². The summed E-state index contributed by atoms with van der Waals surface area (Å²) in [5, 5.41) is 3.29. The van der Waals surface area contributed by atoms with Gasteiger partial charge in [-0.05, 0) is 12.8 Å². The zero-order chi connectivity index (χ0) is 14.8. The standard InChI is InChI=1S/C15H26N2O3/c1-4-5-8-20-9-6-7-17-13-11-15(19-3)14(18-2)10-12(13)16/h10-11,17H,4-9,16H2,1-3H3. The van der Waals surface area contributed by atoms with Gasteiger partial charge in [-0.15, -0.1) is 0 Å². The molecule has 0 aromatic heterocycles. The monoisotopic (exact) mass is 282 g/mol. The smallest absolute Gasteiger partial charge is 0.162 e. The van der Waals surface area contributed by atoms with Crippen LogP contribution in [0, 0.1) is 0 Å². The molecule has 1 rings (SSSR count). The van der Waals surface area contributed by atoms with Crippen molar-refractivity contribution in [1.82, 2.24) is 0 Å². The number of benzene rings is 1. The summed E-state index contributed by atoms with van der Waals surface area (Å²) in [7, 11) is 3.21. The summed E-state index contributed by atoms with van der Waals surface area (Å²) in [4.78, 5) is 0. The molecule has 0 bridgehead atoms. The van der Waals surface area contributed by atoms with Crippen LogP contribution in [0.15, 0.2) is 12.1 Å². The first kappa shape index (κ1) is 16.4. The van der Waals surface area contributed by atoms with Crippen molar-refractivity contribution in [2.45, 2.75) is 26.2 Å². The van der Waals surface area contributed by atoms with Crippen molar-refractivity contribution < 1.29 is 14.2 Å². The van der Waals surface area contributed by atoms with E-state index in [1.54, 1.807) is 20.3 Å². The molecule has 5 heteroatoms. The van der Waals surface area contributed by atoms with Gasteiger partial charge in [0.15, 0.2) is 11.5 Å². The first-order valence-corrected chi connectivity index (χ1v) is 7.06. The van der Waals surface area contributed by atoms with Crippen LogP contribution in [0.2, 0.25) is 0 Å². The van der Waals surface area contributed by atoms with Gasteiger partial charge in [0.05, 0.1) is 25.6 Å². The Hall–Kier alpha value is -1.62. The second kappa shape index (κ2) is 9.31. The average Bonchev–Trinajstić information content (AvgIpc) is 2.47. The number of nitrogen functional groups attached to an aromatic ring is 1. The number of hydrogen-bond acceptors (Lipinski definition) is 5. The summed E-state index contributed by atoms with van der Waals surface area (Å²) in [6.07, 6.45) is 3.23. The number of rotatable bonds is 10.